The molecule has 0 aromatic heterocycles. The minimum absolute atomic E-state index is 0.0509. The first-order valence-electron chi connectivity index (χ1n) is 9.88. The van der Waals surface area contributed by atoms with Gasteiger partial charge in [-0.05, 0) is 31.0 Å². The zero-order valence-corrected chi connectivity index (χ0v) is 18.7. The third-order valence-corrected chi connectivity index (χ3v) is 3.69. The van der Waals surface area contributed by atoms with E-state index in [9.17, 15) is 14.7 Å². The molecule has 1 aliphatic heterocycles. The normalized spacial score (nSPS) is 15.2. The second kappa shape index (κ2) is 16.6. The number of phenols is 1. The number of β-amino-alcohol motifs (C(OH)–C–C–N with tert-alkyl or cyclic N) is 1. The van der Waals surface area contributed by atoms with Crippen LogP contribution in [0.2, 0.25) is 0 Å². The summed E-state index contributed by atoms with van der Waals surface area (Å²) >= 11 is 0. The van der Waals surface area contributed by atoms with Crippen LogP contribution in [0.4, 0.5) is 0 Å². The average Bonchev–Trinajstić information content (AvgIpc) is 3.05. The highest BCUT2D eigenvalue weighted by Gasteiger charge is 2.15. The van der Waals surface area contributed by atoms with E-state index in [1.165, 1.54) is 6.07 Å². The summed E-state index contributed by atoms with van der Waals surface area (Å²) in [6, 6.07) is 4.88. The predicted octanol–water partition coefficient (Wildman–Crippen LogP) is 2.95. The molecule has 1 amide bonds. The first kappa shape index (κ1) is 28.8. The highest BCUT2D eigenvalue weighted by atomic mass is 16.3. The summed E-state index contributed by atoms with van der Waals surface area (Å²) in [6.45, 7) is 12.4. The molecule has 1 atom stereocenters. The third-order valence-electron chi connectivity index (χ3n) is 3.69. The monoisotopic (exact) mass is 406 g/mol. The molecule has 2 rings (SSSR count). The average molecular weight is 407 g/mol. The van der Waals surface area contributed by atoms with E-state index < -0.39 is 0 Å². The van der Waals surface area contributed by atoms with Crippen molar-refractivity contribution in [1.82, 2.24) is 10.2 Å². The quantitative estimate of drug-likeness (QED) is 0.528. The third kappa shape index (κ3) is 16.3. The van der Waals surface area contributed by atoms with E-state index in [0.717, 1.165) is 25.8 Å². The van der Waals surface area contributed by atoms with Crippen molar-refractivity contribution in [3.8, 4) is 18.1 Å². The Morgan fingerprint density at radius 2 is 1.93 bits per heavy atom. The molecule has 0 aliphatic carbocycles. The Labute approximate surface area is 176 Å². The van der Waals surface area contributed by atoms with E-state index in [-0.39, 0.29) is 17.3 Å². The van der Waals surface area contributed by atoms with Crippen LogP contribution in [0.5, 0.6) is 5.75 Å². The maximum atomic E-state index is 9.99. The number of nitrogens with zero attached hydrogens (tertiary/aromatic N) is 1. The Hall–Kier alpha value is -2.36. The molecular weight excluding hydrogens is 368 g/mol. The van der Waals surface area contributed by atoms with Gasteiger partial charge in [-0.15, -0.1) is 6.42 Å². The van der Waals surface area contributed by atoms with Crippen LogP contribution < -0.4 is 5.32 Å². The van der Waals surface area contributed by atoms with Crippen LogP contribution in [0, 0.1) is 17.8 Å². The van der Waals surface area contributed by atoms with Gasteiger partial charge in [-0.2, -0.15) is 0 Å². The number of carbonyl (C=O) groups is 2. The first-order chi connectivity index (χ1) is 13.6. The number of hydrogen-bond donors (Lipinski definition) is 3. The summed E-state index contributed by atoms with van der Waals surface area (Å²) in [6.07, 6.45) is 8.24. The molecule has 0 spiro atoms. The molecule has 29 heavy (non-hydrogen) atoms. The number of benzene rings is 1. The lowest BCUT2D eigenvalue weighted by Crippen LogP contribution is -2.15. The summed E-state index contributed by atoms with van der Waals surface area (Å²) in [4.78, 5) is 21.9. The van der Waals surface area contributed by atoms with Gasteiger partial charge in [-0.25, -0.2) is 0 Å². The van der Waals surface area contributed by atoms with Gasteiger partial charge in [0.15, 0.2) is 0 Å². The smallest absolute Gasteiger partial charge is 0.207 e. The molecule has 1 unspecified atom stereocenters. The minimum atomic E-state index is -0.0509. The van der Waals surface area contributed by atoms with Gasteiger partial charge in [0.25, 0.3) is 0 Å². The fourth-order valence-corrected chi connectivity index (χ4v) is 2.12. The van der Waals surface area contributed by atoms with E-state index in [2.05, 4.69) is 16.1 Å². The number of hydrogen-bond acceptors (Lipinski definition) is 5. The lowest BCUT2D eigenvalue weighted by Gasteiger charge is -2.11. The standard InChI is InChI=1S/C10H9NO2.C6H12O.C5H11NO.C2H6/c1-2-8-3-4-9(6-11-7-12)10(13)5-8;1-6(2,3)4-5-7;1-6-3-2-5(7)4-6;1-2/h1,3-5,7,13H,6H2,(H,11,12);5H,4H2,1-3H3;5,7H,2-4H2,1H3;1-2H3. The van der Waals surface area contributed by atoms with Crippen molar-refractivity contribution in [2.75, 3.05) is 20.1 Å². The van der Waals surface area contributed by atoms with E-state index in [0.29, 0.717) is 30.5 Å². The number of phenolic OH excluding ortho intramolecular Hbond substituents is 1. The van der Waals surface area contributed by atoms with Gasteiger partial charge < -0.3 is 25.2 Å². The molecule has 164 valence electrons. The minimum Gasteiger partial charge on any atom is -0.508 e. The van der Waals surface area contributed by atoms with Crippen LogP contribution in [0.15, 0.2) is 18.2 Å². The maximum absolute atomic E-state index is 9.99. The van der Waals surface area contributed by atoms with Crippen molar-refractivity contribution in [2.45, 2.75) is 60.1 Å². The fourth-order valence-electron chi connectivity index (χ4n) is 2.12. The van der Waals surface area contributed by atoms with Crippen molar-refractivity contribution in [3.05, 3.63) is 29.3 Å². The molecule has 0 saturated carbocycles. The molecule has 0 bridgehead atoms. The molecule has 6 nitrogen and oxygen atoms in total. The summed E-state index contributed by atoms with van der Waals surface area (Å²) in [5, 5.41) is 20.7. The first-order valence-corrected chi connectivity index (χ1v) is 9.88. The van der Waals surface area contributed by atoms with Crippen LogP contribution in [-0.2, 0) is 16.1 Å². The van der Waals surface area contributed by atoms with Crippen LogP contribution in [0.25, 0.3) is 0 Å². The molecule has 1 aromatic carbocycles. The number of nitrogens with one attached hydrogen (secondary N) is 1. The van der Waals surface area contributed by atoms with E-state index in [1.807, 2.05) is 41.7 Å². The Morgan fingerprint density at radius 1 is 1.31 bits per heavy atom. The van der Waals surface area contributed by atoms with Crippen molar-refractivity contribution in [1.29, 1.82) is 0 Å². The second-order valence-electron chi connectivity index (χ2n) is 7.62. The number of aliphatic hydroxyl groups excluding tert-OH is 1. The van der Waals surface area contributed by atoms with Crippen molar-refractivity contribution < 1.29 is 19.8 Å². The molecule has 1 fully saturated rings. The topological polar surface area (TPSA) is 89.9 Å². The van der Waals surface area contributed by atoms with Gasteiger partial charge >= 0.3 is 0 Å². The lowest BCUT2D eigenvalue weighted by atomic mass is 9.93. The molecule has 1 aromatic rings. The summed E-state index contributed by atoms with van der Waals surface area (Å²) in [7, 11) is 2.02. The highest BCUT2D eigenvalue weighted by molar-refractivity contribution is 5.50. The zero-order valence-electron chi connectivity index (χ0n) is 18.7. The molecule has 3 N–H and O–H groups in total. The molecule has 1 saturated heterocycles. The van der Waals surface area contributed by atoms with Gasteiger partial charge in [-0.1, -0.05) is 46.6 Å². The van der Waals surface area contributed by atoms with Crippen LogP contribution in [-0.4, -0.2) is 54.1 Å². The molecule has 1 aliphatic rings. The number of amides is 1. The number of carbonyl (C=O) groups excluding carboxylic acids is 2. The number of aliphatic hydroxyl groups is 1. The van der Waals surface area contributed by atoms with Gasteiger partial charge in [0.2, 0.25) is 6.41 Å². The van der Waals surface area contributed by atoms with Crippen LogP contribution in [0.1, 0.15) is 58.6 Å². The summed E-state index contributed by atoms with van der Waals surface area (Å²) < 4.78 is 0. The number of terminal acetylenes is 1. The van der Waals surface area contributed by atoms with Gasteiger partial charge in [-0.3, -0.25) is 4.79 Å². The van der Waals surface area contributed by atoms with Crippen LogP contribution >= 0.6 is 0 Å². The number of rotatable bonds is 4. The SMILES string of the molecule is C#Cc1ccc(CNC=O)c(O)c1.CC.CC(C)(C)CC=O.CN1CCC(O)C1. The zero-order chi connectivity index (χ0) is 22.9. The lowest BCUT2D eigenvalue weighted by molar-refractivity contribution is -0.110. The Kier molecular flexibility index (Phi) is 16.5. The Morgan fingerprint density at radius 3 is 2.21 bits per heavy atom. The molecule has 6 heteroatoms. The Bertz CT molecular complexity index is 610. The van der Waals surface area contributed by atoms with Gasteiger partial charge in [0, 0.05) is 37.2 Å². The van der Waals surface area contributed by atoms with Crippen molar-refractivity contribution >= 4 is 12.7 Å². The van der Waals surface area contributed by atoms with Crippen molar-refractivity contribution in [3.63, 3.8) is 0 Å². The van der Waals surface area contributed by atoms with Crippen LogP contribution in [0.3, 0.4) is 0 Å². The maximum Gasteiger partial charge on any atom is 0.207 e. The number of likely N-dealkylation sites (tertiary alicyclic amines) is 1. The predicted molar refractivity (Wildman–Crippen MR) is 119 cm³/mol. The van der Waals surface area contributed by atoms with Gasteiger partial charge in [0.05, 0.1) is 6.10 Å². The largest absolute Gasteiger partial charge is 0.508 e. The molecular formula is C23H38N2O4. The summed E-state index contributed by atoms with van der Waals surface area (Å²) in [5.74, 6) is 2.50. The summed E-state index contributed by atoms with van der Waals surface area (Å²) in [5.41, 5.74) is 1.44. The van der Waals surface area contributed by atoms with E-state index in [1.54, 1.807) is 12.1 Å². The second-order valence-corrected chi connectivity index (χ2v) is 7.62. The number of likely N-dealkylation sites (N-methyl/N-ethyl adjacent to an activating group) is 1. The van der Waals surface area contributed by atoms with Crippen molar-refractivity contribution in [2.24, 2.45) is 5.41 Å². The van der Waals surface area contributed by atoms with E-state index in [4.69, 9.17) is 11.5 Å². The fraction of sp³-hybridized carbons (Fsp3) is 0.565. The Balaban J connectivity index is 0. The molecule has 1 heterocycles. The number of aldehydes is 1. The number of aromatic hydroxyl groups is 1. The molecule has 0 radical (unpaired) electrons. The van der Waals surface area contributed by atoms with Gasteiger partial charge in [0.1, 0.15) is 12.0 Å². The highest BCUT2D eigenvalue weighted by Crippen LogP contribution is 2.17. The van der Waals surface area contributed by atoms with E-state index >= 15 is 0 Å².